The highest BCUT2D eigenvalue weighted by molar-refractivity contribution is 5.94. The molecule has 0 spiro atoms. The van der Waals surface area contributed by atoms with Gasteiger partial charge in [-0.1, -0.05) is 12.1 Å². The maximum absolute atomic E-state index is 12.3. The number of ether oxygens (including phenoxy) is 1. The second-order valence-electron chi connectivity index (χ2n) is 6.60. The van der Waals surface area contributed by atoms with E-state index in [0.29, 0.717) is 12.2 Å². The Hall–Kier alpha value is -3.15. The molecular weight excluding hydrogens is 328 g/mol. The Morgan fingerprint density at radius 2 is 2.04 bits per heavy atom. The van der Waals surface area contributed by atoms with Crippen molar-refractivity contribution in [3.8, 4) is 11.4 Å². The van der Waals surface area contributed by atoms with Crippen molar-refractivity contribution in [1.82, 2.24) is 14.5 Å². The summed E-state index contributed by atoms with van der Waals surface area (Å²) in [5.74, 6) is 1.44. The first-order chi connectivity index (χ1) is 12.6. The largest absolute Gasteiger partial charge is 0.491 e. The van der Waals surface area contributed by atoms with Crippen LogP contribution in [0.3, 0.4) is 0 Å². The lowest BCUT2D eigenvalue weighted by molar-refractivity contribution is -0.116. The fraction of sp³-hybridized carbons (Fsp3) is 0.250. The van der Waals surface area contributed by atoms with Gasteiger partial charge in [0.15, 0.2) is 0 Å². The minimum Gasteiger partial charge on any atom is -0.491 e. The fourth-order valence-electron chi connectivity index (χ4n) is 3.23. The van der Waals surface area contributed by atoms with Crippen LogP contribution in [0.4, 0.5) is 5.82 Å². The molecule has 6 heteroatoms. The molecule has 0 unspecified atom stereocenters. The number of pyridine rings is 1. The summed E-state index contributed by atoms with van der Waals surface area (Å²) >= 11 is 0. The summed E-state index contributed by atoms with van der Waals surface area (Å²) < 4.78 is 7.57. The molecule has 2 aromatic heterocycles. The van der Waals surface area contributed by atoms with Crippen LogP contribution < -0.4 is 10.1 Å². The van der Waals surface area contributed by atoms with Gasteiger partial charge in [0.1, 0.15) is 17.9 Å². The van der Waals surface area contributed by atoms with Crippen molar-refractivity contribution in [2.24, 2.45) is 0 Å². The number of rotatable bonds is 4. The van der Waals surface area contributed by atoms with Gasteiger partial charge in [-0.15, -0.1) is 0 Å². The molecule has 1 N–H and O–H groups in total. The van der Waals surface area contributed by atoms with Crippen molar-refractivity contribution in [2.45, 2.75) is 32.3 Å². The van der Waals surface area contributed by atoms with Gasteiger partial charge in [0.25, 0.3) is 0 Å². The number of benzene rings is 1. The van der Waals surface area contributed by atoms with E-state index < -0.39 is 0 Å². The van der Waals surface area contributed by atoms with Crippen molar-refractivity contribution < 1.29 is 9.53 Å². The van der Waals surface area contributed by atoms with E-state index in [0.717, 1.165) is 22.7 Å². The summed E-state index contributed by atoms with van der Waals surface area (Å²) in [6, 6.07) is 11.7. The first-order valence-corrected chi connectivity index (χ1v) is 8.66. The summed E-state index contributed by atoms with van der Waals surface area (Å²) in [7, 11) is 0. The Kier molecular flexibility index (Phi) is 4.16. The molecule has 6 nitrogen and oxygen atoms in total. The molecule has 1 aromatic carbocycles. The molecule has 0 aliphatic carbocycles. The Morgan fingerprint density at radius 3 is 2.73 bits per heavy atom. The molecular formula is C20H20N4O2. The third-order valence-corrected chi connectivity index (χ3v) is 4.35. The van der Waals surface area contributed by atoms with Gasteiger partial charge in [-0.05, 0) is 43.7 Å². The number of aromatic nitrogens is 3. The van der Waals surface area contributed by atoms with Gasteiger partial charge in [-0.25, -0.2) is 4.98 Å². The van der Waals surface area contributed by atoms with E-state index in [2.05, 4.69) is 15.3 Å². The highest BCUT2D eigenvalue weighted by Crippen LogP contribution is 2.37. The van der Waals surface area contributed by atoms with E-state index >= 15 is 0 Å². The van der Waals surface area contributed by atoms with Crippen LogP contribution in [0, 0.1) is 0 Å². The van der Waals surface area contributed by atoms with E-state index in [9.17, 15) is 4.79 Å². The molecule has 0 saturated heterocycles. The number of nitrogens with one attached hydrogen (secondary N) is 1. The molecule has 3 heterocycles. The molecule has 4 rings (SSSR count). The van der Waals surface area contributed by atoms with Gasteiger partial charge < -0.3 is 10.1 Å². The number of carbonyl (C=O) groups is 1. The molecule has 1 aliphatic rings. The molecule has 0 fully saturated rings. The number of hydrogen-bond donors (Lipinski definition) is 1. The van der Waals surface area contributed by atoms with Crippen LogP contribution in [0.1, 0.15) is 37.4 Å². The first kappa shape index (κ1) is 16.3. The van der Waals surface area contributed by atoms with Crippen molar-refractivity contribution in [3.05, 3.63) is 66.4 Å². The smallest absolute Gasteiger partial charge is 0.226 e. The number of carbonyl (C=O) groups excluding carboxylic acids is 1. The van der Waals surface area contributed by atoms with Crippen molar-refractivity contribution in [3.63, 3.8) is 0 Å². The van der Waals surface area contributed by atoms with Crippen molar-refractivity contribution >= 4 is 11.7 Å². The van der Waals surface area contributed by atoms with Crippen LogP contribution in [0.15, 0.2) is 55.1 Å². The molecule has 1 amide bonds. The Labute approximate surface area is 151 Å². The third kappa shape index (κ3) is 3.06. The molecule has 0 radical (unpaired) electrons. The lowest BCUT2D eigenvalue weighted by Crippen LogP contribution is -2.24. The molecule has 1 atom stereocenters. The average Bonchev–Trinajstić information content (AvgIpc) is 3.05. The predicted octanol–water partition coefficient (Wildman–Crippen LogP) is 3.53. The Balaban J connectivity index is 1.70. The zero-order valence-electron chi connectivity index (χ0n) is 14.7. The zero-order valence-corrected chi connectivity index (χ0v) is 14.7. The van der Waals surface area contributed by atoms with Gasteiger partial charge >= 0.3 is 0 Å². The maximum Gasteiger partial charge on any atom is 0.226 e. The lowest BCUT2D eigenvalue weighted by Gasteiger charge is -2.23. The number of imidazole rings is 1. The second kappa shape index (κ2) is 6.63. The van der Waals surface area contributed by atoms with E-state index in [-0.39, 0.29) is 17.9 Å². The number of fused-ring (bicyclic) bond motifs is 1. The van der Waals surface area contributed by atoms with Crippen molar-refractivity contribution in [2.75, 3.05) is 5.32 Å². The van der Waals surface area contributed by atoms with Crippen LogP contribution in [0.25, 0.3) is 5.69 Å². The van der Waals surface area contributed by atoms with Crippen LogP contribution in [0.5, 0.6) is 5.75 Å². The van der Waals surface area contributed by atoms with Gasteiger partial charge in [0.05, 0.1) is 23.7 Å². The normalized spacial score (nSPS) is 16.3. The minimum absolute atomic E-state index is 0.0179. The van der Waals surface area contributed by atoms with Gasteiger partial charge in [-0.3, -0.25) is 14.3 Å². The van der Waals surface area contributed by atoms with Crippen molar-refractivity contribution in [1.29, 1.82) is 0 Å². The topological polar surface area (TPSA) is 69.0 Å². The van der Waals surface area contributed by atoms with E-state index in [4.69, 9.17) is 4.74 Å². The van der Waals surface area contributed by atoms with Crippen LogP contribution in [-0.4, -0.2) is 26.5 Å². The molecule has 132 valence electrons. The van der Waals surface area contributed by atoms with Crippen LogP contribution >= 0.6 is 0 Å². The van der Waals surface area contributed by atoms with Gasteiger partial charge in [0, 0.05) is 18.5 Å². The predicted molar refractivity (Wildman–Crippen MR) is 98.7 cm³/mol. The molecule has 3 aromatic rings. The number of nitrogens with zero attached hydrogens (tertiary/aromatic N) is 3. The second-order valence-corrected chi connectivity index (χ2v) is 6.60. The quantitative estimate of drug-likeness (QED) is 0.783. The minimum atomic E-state index is -0.0789. The highest BCUT2D eigenvalue weighted by Gasteiger charge is 2.31. The standard InChI is InChI=1S/C20H20N4O2/c1-13(2)26-16-7-5-14(6-8-16)17-10-18(25)23-20-19(17)22-12-24(20)15-4-3-9-21-11-15/h3-9,11-13,17H,10H2,1-2H3,(H,23,25)/t17-/m1/s1. The molecule has 0 bridgehead atoms. The zero-order chi connectivity index (χ0) is 18.1. The Bertz CT molecular complexity index is 917. The van der Waals surface area contributed by atoms with E-state index in [1.54, 1.807) is 18.7 Å². The molecule has 0 saturated carbocycles. The SMILES string of the molecule is CC(C)Oc1ccc([C@H]2CC(=O)Nc3c2ncn3-c2cccnc2)cc1. The van der Waals surface area contributed by atoms with Crippen LogP contribution in [0.2, 0.25) is 0 Å². The summed E-state index contributed by atoms with van der Waals surface area (Å²) in [6.45, 7) is 3.99. The number of hydrogen-bond acceptors (Lipinski definition) is 4. The van der Waals surface area contributed by atoms with E-state index in [1.807, 2.05) is 54.8 Å². The summed E-state index contributed by atoms with van der Waals surface area (Å²) in [4.78, 5) is 21.0. The van der Waals surface area contributed by atoms with Gasteiger partial charge in [-0.2, -0.15) is 0 Å². The monoisotopic (exact) mass is 348 g/mol. The molecule has 26 heavy (non-hydrogen) atoms. The number of anilines is 1. The maximum atomic E-state index is 12.3. The lowest BCUT2D eigenvalue weighted by atomic mass is 9.90. The first-order valence-electron chi connectivity index (χ1n) is 8.66. The fourth-order valence-corrected chi connectivity index (χ4v) is 3.23. The van der Waals surface area contributed by atoms with Crippen LogP contribution in [-0.2, 0) is 4.79 Å². The number of amides is 1. The summed E-state index contributed by atoms with van der Waals surface area (Å²) in [5.41, 5.74) is 2.78. The van der Waals surface area contributed by atoms with Gasteiger partial charge in [0.2, 0.25) is 5.91 Å². The molecule has 1 aliphatic heterocycles. The summed E-state index contributed by atoms with van der Waals surface area (Å²) in [6.07, 6.45) is 5.70. The Morgan fingerprint density at radius 1 is 1.23 bits per heavy atom. The third-order valence-electron chi connectivity index (χ3n) is 4.35. The average molecular weight is 348 g/mol. The summed E-state index contributed by atoms with van der Waals surface area (Å²) in [5, 5.41) is 2.95. The van der Waals surface area contributed by atoms with E-state index in [1.165, 1.54) is 0 Å². The highest BCUT2D eigenvalue weighted by atomic mass is 16.5.